The van der Waals surface area contributed by atoms with E-state index in [0.29, 0.717) is 25.3 Å². The van der Waals surface area contributed by atoms with Crippen LogP contribution in [0.3, 0.4) is 0 Å². The van der Waals surface area contributed by atoms with Crippen molar-refractivity contribution in [2.75, 3.05) is 32.6 Å². The first-order valence-electron chi connectivity index (χ1n) is 9.24. The number of fused-ring (bicyclic) bond motifs is 1. The molecule has 148 valence electrons. The van der Waals surface area contributed by atoms with Crippen LogP contribution in [0.2, 0.25) is 0 Å². The highest BCUT2D eigenvalue weighted by atomic mass is 16.6. The molecule has 3 rings (SSSR count). The summed E-state index contributed by atoms with van der Waals surface area (Å²) in [5.41, 5.74) is 1.40. The number of amides is 3. The number of urea groups is 1. The number of nitrogens with zero attached hydrogens (tertiary/aromatic N) is 1. The van der Waals surface area contributed by atoms with E-state index < -0.39 is 0 Å². The van der Waals surface area contributed by atoms with E-state index in [-0.39, 0.29) is 24.5 Å². The first kappa shape index (κ1) is 19.5. The van der Waals surface area contributed by atoms with Crippen molar-refractivity contribution in [2.24, 2.45) is 0 Å². The minimum absolute atomic E-state index is 0.0237. The molecule has 1 heterocycles. The summed E-state index contributed by atoms with van der Waals surface area (Å²) < 4.78 is 11.6. The van der Waals surface area contributed by atoms with Crippen LogP contribution in [0.5, 0.6) is 11.5 Å². The Balaban J connectivity index is 1.47. The highest BCUT2D eigenvalue weighted by Gasteiger charge is 2.20. The first-order chi connectivity index (χ1) is 13.5. The zero-order valence-corrected chi connectivity index (χ0v) is 16.1. The van der Waals surface area contributed by atoms with Crippen LogP contribution in [0.15, 0.2) is 48.5 Å². The summed E-state index contributed by atoms with van der Waals surface area (Å²) in [4.78, 5) is 25.7. The van der Waals surface area contributed by atoms with Gasteiger partial charge in [0.25, 0.3) is 0 Å². The fraction of sp³-hybridized carbons (Fsp3) is 0.333. The zero-order chi connectivity index (χ0) is 19.9. The number of para-hydroxylation sites is 3. The number of carbonyl (C=O) groups excluding carboxylic acids is 2. The summed E-state index contributed by atoms with van der Waals surface area (Å²) >= 11 is 0. The zero-order valence-electron chi connectivity index (χ0n) is 16.1. The normalized spacial score (nSPS) is 14.9. The molecule has 0 aromatic heterocycles. The van der Waals surface area contributed by atoms with E-state index in [9.17, 15) is 9.59 Å². The van der Waals surface area contributed by atoms with Gasteiger partial charge in [0, 0.05) is 32.7 Å². The summed E-state index contributed by atoms with van der Waals surface area (Å²) in [7, 11) is 3.42. The summed E-state index contributed by atoms with van der Waals surface area (Å²) in [6.45, 7) is 0.899. The third-order valence-corrected chi connectivity index (χ3v) is 4.43. The molecule has 7 nitrogen and oxygen atoms in total. The van der Waals surface area contributed by atoms with Crippen molar-refractivity contribution in [2.45, 2.75) is 18.9 Å². The van der Waals surface area contributed by atoms with Crippen LogP contribution in [0.4, 0.5) is 10.5 Å². The Hall–Kier alpha value is -3.22. The van der Waals surface area contributed by atoms with Crippen LogP contribution in [-0.4, -0.2) is 50.2 Å². The fourth-order valence-corrected chi connectivity index (χ4v) is 2.84. The van der Waals surface area contributed by atoms with Crippen molar-refractivity contribution in [3.63, 3.8) is 0 Å². The van der Waals surface area contributed by atoms with Gasteiger partial charge in [0.05, 0.1) is 6.42 Å². The number of hydrogen-bond donors (Lipinski definition) is 2. The quantitative estimate of drug-likeness (QED) is 0.804. The second-order valence-electron chi connectivity index (χ2n) is 6.79. The summed E-state index contributed by atoms with van der Waals surface area (Å²) in [6.07, 6.45) is 0.749. The molecule has 1 aliphatic heterocycles. The Bertz CT molecular complexity index is 838. The van der Waals surface area contributed by atoms with E-state index in [2.05, 4.69) is 10.6 Å². The predicted molar refractivity (Wildman–Crippen MR) is 107 cm³/mol. The average molecular weight is 383 g/mol. The van der Waals surface area contributed by atoms with Gasteiger partial charge in [0.1, 0.15) is 12.7 Å². The van der Waals surface area contributed by atoms with Gasteiger partial charge < -0.3 is 25.0 Å². The van der Waals surface area contributed by atoms with E-state index >= 15 is 0 Å². The summed E-state index contributed by atoms with van der Waals surface area (Å²) in [5, 5.41) is 5.64. The fourth-order valence-electron chi connectivity index (χ4n) is 2.84. The van der Waals surface area contributed by atoms with Crippen LogP contribution >= 0.6 is 0 Å². The van der Waals surface area contributed by atoms with Gasteiger partial charge in [-0.05, 0) is 23.8 Å². The maximum absolute atomic E-state index is 12.2. The standard InChI is InChI=1S/C21H25N3O4/c1-24(2)20(25)13-15-7-3-4-8-17(15)23-21(26)22-12-11-16-14-27-18-9-5-6-10-19(18)28-16/h3-10,16H,11-14H2,1-2H3,(H2,22,23,26)/t16-/m0/s1. The Morgan fingerprint density at radius 3 is 2.57 bits per heavy atom. The lowest BCUT2D eigenvalue weighted by Gasteiger charge is -2.26. The molecular formula is C21H25N3O4. The van der Waals surface area contributed by atoms with Crippen molar-refractivity contribution in [3.8, 4) is 11.5 Å². The van der Waals surface area contributed by atoms with Gasteiger partial charge in [-0.3, -0.25) is 4.79 Å². The van der Waals surface area contributed by atoms with Crippen LogP contribution in [0.25, 0.3) is 0 Å². The third-order valence-electron chi connectivity index (χ3n) is 4.43. The van der Waals surface area contributed by atoms with Gasteiger partial charge in [-0.2, -0.15) is 0 Å². The molecule has 0 aliphatic carbocycles. The molecule has 0 unspecified atom stereocenters. The molecule has 1 aliphatic rings. The van der Waals surface area contributed by atoms with Gasteiger partial charge in [-0.1, -0.05) is 30.3 Å². The van der Waals surface area contributed by atoms with Crippen LogP contribution in [-0.2, 0) is 11.2 Å². The number of likely N-dealkylation sites (N-methyl/N-ethyl adjacent to an activating group) is 1. The van der Waals surface area contributed by atoms with Crippen LogP contribution in [0.1, 0.15) is 12.0 Å². The molecule has 2 aromatic rings. The predicted octanol–water partition coefficient (Wildman–Crippen LogP) is 2.67. The molecule has 0 saturated heterocycles. The van der Waals surface area contributed by atoms with E-state index in [1.54, 1.807) is 20.2 Å². The number of anilines is 1. The van der Waals surface area contributed by atoms with E-state index in [0.717, 1.165) is 17.1 Å². The Labute approximate surface area is 164 Å². The number of benzene rings is 2. The number of carbonyl (C=O) groups is 2. The van der Waals surface area contributed by atoms with E-state index in [1.165, 1.54) is 4.90 Å². The van der Waals surface area contributed by atoms with Gasteiger partial charge >= 0.3 is 6.03 Å². The first-order valence-corrected chi connectivity index (χ1v) is 9.24. The molecule has 0 radical (unpaired) electrons. The van der Waals surface area contributed by atoms with Crippen molar-refractivity contribution >= 4 is 17.6 Å². The summed E-state index contributed by atoms with van der Waals surface area (Å²) in [6, 6.07) is 14.5. The highest BCUT2D eigenvalue weighted by molar-refractivity contribution is 5.91. The minimum Gasteiger partial charge on any atom is -0.486 e. The Morgan fingerprint density at radius 2 is 1.79 bits per heavy atom. The largest absolute Gasteiger partial charge is 0.486 e. The van der Waals surface area contributed by atoms with Crippen LogP contribution < -0.4 is 20.1 Å². The van der Waals surface area contributed by atoms with Gasteiger partial charge in [-0.25, -0.2) is 4.79 Å². The van der Waals surface area contributed by atoms with Crippen molar-refractivity contribution < 1.29 is 19.1 Å². The lowest BCUT2D eigenvalue weighted by atomic mass is 10.1. The van der Waals surface area contributed by atoms with Crippen molar-refractivity contribution in [1.29, 1.82) is 0 Å². The molecule has 1 atom stereocenters. The van der Waals surface area contributed by atoms with Gasteiger partial charge in [-0.15, -0.1) is 0 Å². The smallest absolute Gasteiger partial charge is 0.319 e. The Morgan fingerprint density at radius 1 is 1.07 bits per heavy atom. The average Bonchev–Trinajstić information content (AvgIpc) is 2.69. The molecule has 2 N–H and O–H groups in total. The molecule has 0 spiro atoms. The second-order valence-corrected chi connectivity index (χ2v) is 6.79. The lowest BCUT2D eigenvalue weighted by Crippen LogP contribution is -2.36. The van der Waals surface area contributed by atoms with Gasteiger partial charge in [0.2, 0.25) is 5.91 Å². The number of hydrogen-bond acceptors (Lipinski definition) is 4. The van der Waals surface area contributed by atoms with E-state index in [4.69, 9.17) is 9.47 Å². The number of nitrogens with one attached hydrogen (secondary N) is 2. The monoisotopic (exact) mass is 383 g/mol. The maximum Gasteiger partial charge on any atom is 0.319 e. The summed E-state index contributed by atoms with van der Waals surface area (Å²) in [5.74, 6) is 1.44. The third kappa shape index (κ3) is 5.16. The molecule has 0 saturated carbocycles. The molecule has 7 heteroatoms. The molecule has 3 amide bonds. The molecular weight excluding hydrogens is 358 g/mol. The number of ether oxygens (including phenoxy) is 2. The Kier molecular flexibility index (Phi) is 6.37. The molecule has 2 aromatic carbocycles. The number of rotatable bonds is 6. The SMILES string of the molecule is CN(C)C(=O)Cc1ccccc1NC(=O)NCC[C@H]1COc2ccccc2O1. The lowest BCUT2D eigenvalue weighted by molar-refractivity contribution is -0.127. The molecule has 0 fully saturated rings. The topological polar surface area (TPSA) is 79.9 Å². The highest BCUT2D eigenvalue weighted by Crippen LogP contribution is 2.31. The van der Waals surface area contributed by atoms with Crippen molar-refractivity contribution in [3.05, 3.63) is 54.1 Å². The maximum atomic E-state index is 12.2. The van der Waals surface area contributed by atoms with Gasteiger partial charge in [0.15, 0.2) is 11.5 Å². The molecule has 28 heavy (non-hydrogen) atoms. The second kappa shape index (κ2) is 9.12. The van der Waals surface area contributed by atoms with E-state index in [1.807, 2.05) is 42.5 Å². The van der Waals surface area contributed by atoms with Crippen LogP contribution in [0, 0.1) is 0 Å². The minimum atomic E-state index is -0.318. The molecule has 0 bridgehead atoms. The van der Waals surface area contributed by atoms with Crippen molar-refractivity contribution in [1.82, 2.24) is 10.2 Å².